The molecule has 1 aromatic rings. The molecule has 1 aliphatic heterocycles. The van der Waals surface area contributed by atoms with Crippen LogP contribution in [0.4, 0.5) is 0 Å². The van der Waals surface area contributed by atoms with Gasteiger partial charge < -0.3 is 15.1 Å². The molecule has 2 rings (SSSR count). The SMILES string of the molecule is CCNC(=O)C1CNCCN1Cc1nnc(C(C)(C)C)o1. The number of amides is 1. The molecule has 7 heteroatoms. The van der Waals surface area contributed by atoms with E-state index in [1.165, 1.54) is 0 Å². The van der Waals surface area contributed by atoms with Gasteiger partial charge in [0.15, 0.2) is 0 Å². The summed E-state index contributed by atoms with van der Waals surface area (Å²) in [5.74, 6) is 1.23. The van der Waals surface area contributed by atoms with Gasteiger partial charge in [0.05, 0.1) is 6.54 Å². The summed E-state index contributed by atoms with van der Waals surface area (Å²) in [6, 6.07) is -0.191. The van der Waals surface area contributed by atoms with Crippen LogP contribution < -0.4 is 10.6 Å². The Morgan fingerprint density at radius 1 is 1.48 bits per heavy atom. The Labute approximate surface area is 125 Å². The number of rotatable bonds is 4. The number of nitrogens with one attached hydrogen (secondary N) is 2. The number of hydrogen-bond donors (Lipinski definition) is 2. The predicted octanol–water partition coefficient (Wildman–Crippen LogP) is 0.277. The molecule has 0 saturated carbocycles. The Bertz CT molecular complexity index is 480. The van der Waals surface area contributed by atoms with Gasteiger partial charge in [-0.05, 0) is 6.92 Å². The fourth-order valence-corrected chi connectivity index (χ4v) is 2.28. The highest BCUT2D eigenvalue weighted by molar-refractivity contribution is 5.82. The first-order valence-corrected chi connectivity index (χ1v) is 7.47. The molecule has 7 nitrogen and oxygen atoms in total. The molecule has 21 heavy (non-hydrogen) atoms. The second-order valence-electron chi connectivity index (χ2n) is 6.34. The molecule has 2 heterocycles. The van der Waals surface area contributed by atoms with Gasteiger partial charge in [0.2, 0.25) is 17.7 Å². The summed E-state index contributed by atoms with van der Waals surface area (Å²) in [4.78, 5) is 14.2. The zero-order chi connectivity index (χ0) is 15.5. The molecule has 0 spiro atoms. The first kappa shape index (κ1) is 15.9. The van der Waals surface area contributed by atoms with Gasteiger partial charge >= 0.3 is 0 Å². The maximum absolute atomic E-state index is 12.1. The number of nitrogens with zero attached hydrogens (tertiary/aromatic N) is 3. The van der Waals surface area contributed by atoms with E-state index in [0.717, 1.165) is 13.1 Å². The summed E-state index contributed by atoms with van der Waals surface area (Å²) in [5, 5.41) is 14.3. The van der Waals surface area contributed by atoms with E-state index in [1.807, 2.05) is 27.7 Å². The highest BCUT2D eigenvalue weighted by atomic mass is 16.4. The van der Waals surface area contributed by atoms with Gasteiger partial charge in [-0.1, -0.05) is 20.8 Å². The first-order valence-electron chi connectivity index (χ1n) is 7.47. The number of carbonyl (C=O) groups excluding carboxylic acids is 1. The summed E-state index contributed by atoms with van der Waals surface area (Å²) < 4.78 is 5.72. The van der Waals surface area contributed by atoms with Crippen LogP contribution in [0.25, 0.3) is 0 Å². The van der Waals surface area contributed by atoms with Crippen LogP contribution in [-0.2, 0) is 16.8 Å². The Kier molecular flexibility index (Phi) is 4.95. The monoisotopic (exact) mass is 295 g/mol. The zero-order valence-electron chi connectivity index (χ0n) is 13.3. The number of likely N-dealkylation sites (N-methyl/N-ethyl adjacent to an activating group) is 1. The van der Waals surface area contributed by atoms with Gasteiger partial charge in [-0.2, -0.15) is 0 Å². The van der Waals surface area contributed by atoms with Crippen LogP contribution in [0.3, 0.4) is 0 Å². The molecule has 1 unspecified atom stereocenters. The van der Waals surface area contributed by atoms with E-state index < -0.39 is 0 Å². The van der Waals surface area contributed by atoms with Crippen molar-refractivity contribution < 1.29 is 9.21 Å². The van der Waals surface area contributed by atoms with Crippen molar-refractivity contribution in [2.24, 2.45) is 0 Å². The van der Waals surface area contributed by atoms with E-state index in [0.29, 0.717) is 31.4 Å². The van der Waals surface area contributed by atoms with Gasteiger partial charge in [-0.25, -0.2) is 0 Å². The van der Waals surface area contributed by atoms with Gasteiger partial charge in [0, 0.05) is 31.6 Å². The predicted molar refractivity (Wildman–Crippen MR) is 78.7 cm³/mol. The minimum Gasteiger partial charge on any atom is -0.423 e. The summed E-state index contributed by atoms with van der Waals surface area (Å²) >= 11 is 0. The Hall–Kier alpha value is -1.47. The molecular weight excluding hydrogens is 270 g/mol. The number of piperazine rings is 1. The summed E-state index contributed by atoms with van der Waals surface area (Å²) in [6.07, 6.45) is 0. The fraction of sp³-hybridized carbons (Fsp3) is 0.786. The Balaban J connectivity index is 2.05. The van der Waals surface area contributed by atoms with E-state index in [2.05, 4.69) is 25.7 Å². The van der Waals surface area contributed by atoms with Crippen molar-refractivity contribution in [3.05, 3.63) is 11.8 Å². The van der Waals surface area contributed by atoms with E-state index in [1.54, 1.807) is 0 Å². The normalized spacial score (nSPS) is 20.5. The van der Waals surface area contributed by atoms with Crippen molar-refractivity contribution in [1.82, 2.24) is 25.7 Å². The minimum atomic E-state index is -0.191. The van der Waals surface area contributed by atoms with Crippen molar-refractivity contribution in [2.75, 3.05) is 26.2 Å². The Morgan fingerprint density at radius 3 is 2.86 bits per heavy atom. The zero-order valence-corrected chi connectivity index (χ0v) is 13.3. The third-order valence-electron chi connectivity index (χ3n) is 3.45. The number of aromatic nitrogens is 2. The van der Waals surface area contributed by atoms with Crippen molar-refractivity contribution in [3.8, 4) is 0 Å². The summed E-state index contributed by atoms with van der Waals surface area (Å²) in [7, 11) is 0. The summed E-state index contributed by atoms with van der Waals surface area (Å²) in [5.41, 5.74) is -0.159. The molecule has 0 bridgehead atoms. The highest BCUT2D eigenvalue weighted by Crippen LogP contribution is 2.21. The van der Waals surface area contributed by atoms with Crippen LogP contribution >= 0.6 is 0 Å². The molecule has 2 N–H and O–H groups in total. The van der Waals surface area contributed by atoms with Crippen LogP contribution in [0, 0.1) is 0 Å². The molecule has 0 aromatic carbocycles. The number of hydrogen-bond acceptors (Lipinski definition) is 6. The van der Waals surface area contributed by atoms with E-state index in [9.17, 15) is 4.79 Å². The third-order valence-corrected chi connectivity index (χ3v) is 3.45. The Morgan fingerprint density at radius 2 is 2.24 bits per heavy atom. The molecular formula is C14H25N5O2. The molecule has 0 radical (unpaired) electrons. The smallest absolute Gasteiger partial charge is 0.238 e. The van der Waals surface area contributed by atoms with Crippen LogP contribution in [0.2, 0.25) is 0 Å². The topological polar surface area (TPSA) is 83.3 Å². The molecule has 118 valence electrons. The lowest BCUT2D eigenvalue weighted by atomic mass is 9.97. The van der Waals surface area contributed by atoms with Crippen molar-refractivity contribution in [1.29, 1.82) is 0 Å². The average Bonchev–Trinajstić information content (AvgIpc) is 2.88. The quantitative estimate of drug-likeness (QED) is 0.830. The maximum atomic E-state index is 12.1. The van der Waals surface area contributed by atoms with E-state index in [4.69, 9.17) is 4.42 Å². The lowest BCUT2D eigenvalue weighted by molar-refractivity contribution is -0.127. The molecule has 1 aliphatic rings. The lowest BCUT2D eigenvalue weighted by Gasteiger charge is -2.34. The van der Waals surface area contributed by atoms with E-state index >= 15 is 0 Å². The average molecular weight is 295 g/mol. The highest BCUT2D eigenvalue weighted by Gasteiger charge is 2.30. The second kappa shape index (κ2) is 6.53. The van der Waals surface area contributed by atoms with Gasteiger partial charge in [0.1, 0.15) is 6.04 Å². The largest absolute Gasteiger partial charge is 0.423 e. The van der Waals surface area contributed by atoms with Crippen LogP contribution in [0.5, 0.6) is 0 Å². The van der Waals surface area contributed by atoms with Crippen molar-refractivity contribution in [2.45, 2.75) is 45.7 Å². The maximum Gasteiger partial charge on any atom is 0.238 e. The van der Waals surface area contributed by atoms with E-state index in [-0.39, 0.29) is 17.4 Å². The number of carbonyl (C=O) groups is 1. The molecule has 1 atom stereocenters. The molecule has 1 fully saturated rings. The van der Waals surface area contributed by atoms with Crippen LogP contribution in [-0.4, -0.2) is 53.2 Å². The first-order chi connectivity index (χ1) is 9.91. The van der Waals surface area contributed by atoms with Crippen molar-refractivity contribution in [3.63, 3.8) is 0 Å². The third kappa shape index (κ3) is 4.01. The van der Waals surface area contributed by atoms with Crippen LogP contribution in [0.1, 0.15) is 39.5 Å². The molecule has 0 aliphatic carbocycles. The fourth-order valence-electron chi connectivity index (χ4n) is 2.28. The molecule has 1 aromatic heterocycles. The van der Waals surface area contributed by atoms with Crippen LogP contribution in [0.15, 0.2) is 4.42 Å². The minimum absolute atomic E-state index is 0.0419. The lowest BCUT2D eigenvalue weighted by Crippen LogP contribution is -2.57. The van der Waals surface area contributed by atoms with Gasteiger partial charge in [-0.3, -0.25) is 9.69 Å². The summed E-state index contributed by atoms with van der Waals surface area (Å²) in [6.45, 7) is 11.5. The van der Waals surface area contributed by atoms with Gasteiger partial charge in [0.25, 0.3) is 0 Å². The van der Waals surface area contributed by atoms with Crippen molar-refractivity contribution >= 4 is 5.91 Å². The molecule has 1 amide bonds. The standard InChI is InChI=1S/C14H25N5O2/c1-5-16-12(20)10-8-15-6-7-19(10)9-11-17-18-13(21-11)14(2,3)4/h10,15H,5-9H2,1-4H3,(H,16,20). The second-order valence-corrected chi connectivity index (χ2v) is 6.34. The molecule has 1 saturated heterocycles. The van der Waals surface area contributed by atoms with Gasteiger partial charge in [-0.15, -0.1) is 10.2 Å².